The number of hydrogen-bond donors (Lipinski definition) is 0. The van der Waals surface area contributed by atoms with E-state index in [1.165, 1.54) is 0 Å². The van der Waals surface area contributed by atoms with Crippen LogP contribution in [0, 0.1) is 0 Å². The van der Waals surface area contributed by atoms with Gasteiger partial charge in [0.2, 0.25) is 11.8 Å². The van der Waals surface area contributed by atoms with E-state index in [0.717, 1.165) is 19.5 Å². The first-order chi connectivity index (χ1) is 8.79. The molecule has 2 aromatic heterocycles. The highest BCUT2D eigenvalue weighted by Gasteiger charge is 2.05. The first kappa shape index (κ1) is 12.3. The van der Waals surface area contributed by atoms with Crippen molar-refractivity contribution in [1.82, 2.24) is 19.5 Å². The Morgan fingerprint density at radius 1 is 1.39 bits per heavy atom. The van der Waals surface area contributed by atoms with Gasteiger partial charge in [0.1, 0.15) is 0 Å². The zero-order valence-corrected chi connectivity index (χ0v) is 10.7. The van der Waals surface area contributed by atoms with Crippen LogP contribution in [0.2, 0.25) is 0 Å². The van der Waals surface area contributed by atoms with Crippen LogP contribution >= 0.6 is 0 Å². The highest BCUT2D eigenvalue weighted by atomic mass is 16.5. The predicted octanol–water partition coefficient (Wildman–Crippen LogP) is 1.21. The van der Waals surface area contributed by atoms with E-state index < -0.39 is 0 Å². The van der Waals surface area contributed by atoms with Gasteiger partial charge in [-0.2, -0.15) is 4.98 Å². The third-order valence-corrected chi connectivity index (χ3v) is 2.64. The fourth-order valence-corrected chi connectivity index (χ4v) is 1.64. The molecule has 0 N–H and O–H groups in total. The molecule has 0 aliphatic heterocycles. The van der Waals surface area contributed by atoms with Crippen molar-refractivity contribution >= 4 is 5.95 Å². The Labute approximate surface area is 106 Å². The van der Waals surface area contributed by atoms with Crippen LogP contribution in [0.4, 0.5) is 5.95 Å². The van der Waals surface area contributed by atoms with Crippen LogP contribution in [-0.4, -0.2) is 40.2 Å². The van der Waals surface area contributed by atoms with Crippen molar-refractivity contribution < 1.29 is 4.74 Å². The standard InChI is InChI=1S/C12H17N5O/c1-16(7-3-8-17-9-6-13-10-17)12-14-5-4-11(15-12)18-2/h4-6,9-10H,3,7-8H2,1-2H3. The number of anilines is 1. The molecule has 0 aliphatic carbocycles. The van der Waals surface area contributed by atoms with Crippen LogP contribution in [0.3, 0.4) is 0 Å². The SMILES string of the molecule is COc1ccnc(N(C)CCCn2ccnc2)n1. The average Bonchev–Trinajstić information content (AvgIpc) is 2.92. The summed E-state index contributed by atoms with van der Waals surface area (Å²) in [7, 11) is 3.58. The molecule has 0 unspecified atom stereocenters. The summed E-state index contributed by atoms with van der Waals surface area (Å²) in [6, 6.07) is 1.74. The molecule has 0 aliphatic rings. The second-order valence-electron chi connectivity index (χ2n) is 3.97. The fourth-order valence-electron chi connectivity index (χ4n) is 1.64. The van der Waals surface area contributed by atoms with Gasteiger partial charge in [0.25, 0.3) is 0 Å². The van der Waals surface area contributed by atoms with Crippen molar-refractivity contribution in [3.8, 4) is 5.88 Å². The number of aromatic nitrogens is 4. The van der Waals surface area contributed by atoms with E-state index in [1.807, 2.05) is 24.5 Å². The summed E-state index contributed by atoms with van der Waals surface area (Å²) in [5.41, 5.74) is 0. The minimum atomic E-state index is 0.585. The van der Waals surface area contributed by atoms with E-state index in [2.05, 4.69) is 19.5 Å². The van der Waals surface area contributed by atoms with E-state index in [1.54, 1.807) is 25.6 Å². The van der Waals surface area contributed by atoms with E-state index in [4.69, 9.17) is 4.74 Å². The Bertz CT molecular complexity index is 471. The molecule has 0 aromatic carbocycles. The summed E-state index contributed by atoms with van der Waals surface area (Å²) >= 11 is 0. The van der Waals surface area contributed by atoms with Crippen molar-refractivity contribution in [2.24, 2.45) is 0 Å². The maximum absolute atomic E-state index is 5.08. The van der Waals surface area contributed by atoms with Gasteiger partial charge in [-0.05, 0) is 6.42 Å². The van der Waals surface area contributed by atoms with Crippen molar-refractivity contribution in [3.05, 3.63) is 31.0 Å². The number of methoxy groups -OCH3 is 1. The zero-order valence-electron chi connectivity index (χ0n) is 10.7. The number of nitrogens with zero attached hydrogens (tertiary/aromatic N) is 5. The molecule has 0 radical (unpaired) electrons. The Hall–Kier alpha value is -2.11. The van der Waals surface area contributed by atoms with Gasteiger partial charge < -0.3 is 14.2 Å². The molecular formula is C12H17N5O. The van der Waals surface area contributed by atoms with Crippen LogP contribution in [-0.2, 0) is 6.54 Å². The second-order valence-corrected chi connectivity index (χ2v) is 3.97. The molecule has 0 saturated heterocycles. The van der Waals surface area contributed by atoms with Gasteiger partial charge in [0.15, 0.2) is 0 Å². The Kier molecular flexibility index (Phi) is 4.11. The van der Waals surface area contributed by atoms with Gasteiger partial charge in [-0.15, -0.1) is 0 Å². The lowest BCUT2D eigenvalue weighted by atomic mass is 10.4. The summed E-state index contributed by atoms with van der Waals surface area (Å²) in [6.07, 6.45) is 8.28. The van der Waals surface area contributed by atoms with Crippen molar-refractivity contribution in [1.29, 1.82) is 0 Å². The van der Waals surface area contributed by atoms with Gasteiger partial charge in [-0.25, -0.2) is 9.97 Å². The van der Waals surface area contributed by atoms with Gasteiger partial charge in [-0.1, -0.05) is 0 Å². The van der Waals surface area contributed by atoms with Crippen molar-refractivity contribution in [2.45, 2.75) is 13.0 Å². The largest absolute Gasteiger partial charge is 0.481 e. The first-order valence-electron chi connectivity index (χ1n) is 5.83. The normalized spacial score (nSPS) is 10.3. The first-order valence-corrected chi connectivity index (χ1v) is 5.83. The molecule has 0 fully saturated rings. The van der Waals surface area contributed by atoms with Crippen LogP contribution in [0.1, 0.15) is 6.42 Å². The number of imidazole rings is 1. The minimum Gasteiger partial charge on any atom is -0.481 e. The van der Waals surface area contributed by atoms with Gasteiger partial charge in [-0.3, -0.25) is 0 Å². The molecule has 0 amide bonds. The molecule has 2 heterocycles. The van der Waals surface area contributed by atoms with Crippen molar-refractivity contribution in [3.63, 3.8) is 0 Å². The second kappa shape index (κ2) is 6.00. The molecule has 0 atom stereocenters. The number of aryl methyl sites for hydroxylation is 1. The Balaban J connectivity index is 1.85. The van der Waals surface area contributed by atoms with Gasteiger partial charge >= 0.3 is 0 Å². The lowest BCUT2D eigenvalue weighted by molar-refractivity contribution is 0.397. The van der Waals surface area contributed by atoms with E-state index in [0.29, 0.717) is 11.8 Å². The Morgan fingerprint density at radius 3 is 3.00 bits per heavy atom. The van der Waals surface area contributed by atoms with E-state index in [-0.39, 0.29) is 0 Å². The maximum Gasteiger partial charge on any atom is 0.228 e. The highest BCUT2D eigenvalue weighted by molar-refractivity contribution is 5.30. The van der Waals surface area contributed by atoms with Crippen LogP contribution in [0.25, 0.3) is 0 Å². The molecule has 0 saturated carbocycles. The molecule has 6 nitrogen and oxygen atoms in total. The molecule has 2 rings (SSSR count). The topological polar surface area (TPSA) is 56.1 Å². The van der Waals surface area contributed by atoms with E-state index in [9.17, 15) is 0 Å². The lowest BCUT2D eigenvalue weighted by Crippen LogP contribution is -2.22. The molecule has 2 aromatic rings. The molecule has 0 bridgehead atoms. The number of rotatable bonds is 6. The number of hydrogen-bond acceptors (Lipinski definition) is 5. The third kappa shape index (κ3) is 3.19. The molecular weight excluding hydrogens is 230 g/mol. The molecule has 18 heavy (non-hydrogen) atoms. The highest BCUT2D eigenvalue weighted by Crippen LogP contribution is 2.10. The number of ether oxygens (including phenoxy) is 1. The third-order valence-electron chi connectivity index (χ3n) is 2.64. The molecule has 6 heteroatoms. The van der Waals surface area contributed by atoms with E-state index >= 15 is 0 Å². The summed E-state index contributed by atoms with van der Waals surface area (Å²) < 4.78 is 7.13. The smallest absolute Gasteiger partial charge is 0.228 e. The minimum absolute atomic E-state index is 0.585. The van der Waals surface area contributed by atoms with Crippen LogP contribution in [0.15, 0.2) is 31.0 Å². The fraction of sp³-hybridized carbons (Fsp3) is 0.417. The zero-order chi connectivity index (χ0) is 12.8. The van der Waals surface area contributed by atoms with Gasteiger partial charge in [0, 0.05) is 44.8 Å². The molecule has 96 valence electrons. The summed E-state index contributed by atoms with van der Waals surface area (Å²) in [5, 5.41) is 0. The van der Waals surface area contributed by atoms with Crippen LogP contribution < -0.4 is 9.64 Å². The lowest BCUT2D eigenvalue weighted by Gasteiger charge is -2.17. The van der Waals surface area contributed by atoms with Gasteiger partial charge in [0.05, 0.1) is 13.4 Å². The van der Waals surface area contributed by atoms with Crippen molar-refractivity contribution in [2.75, 3.05) is 25.6 Å². The monoisotopic (exact) mass is 247 g/mol. The average molecular weight is 247 g/mol. The molecule has 0 spiro atoms. The summed E-state index contributed by atoms with van der Waals surface area (Å²) in [5.74, 6) is 1.27. The predicted molar refractivity (Wildman–Crippen MR) is 68.7 cm³/mol. The maximum atomic E-state index is 5.08. The summed E-state index contributed by atoms with van der Waals surface area (Å²) in [4.78, 5) is 14.5. The Morgan fingerprint density at radius 2 is 2.28 bits per heavy atom. The quantitative estimate of drug-likeness (QED) is 0.768. The van der Waals surface area contributed by atoms with Crippen LogP contribution in [0.5, 0.6) is 5.88 Å². The summed E-state index contributed by atoms with van der Waals surface area (Å²) in [6.45, 7) is 1.82.